The first-order valence-corrected chi connectivity index (χ1v) is 10.7. The fourth-order valence-electron chi connectivity index (χ4n) is 2.73. The van der Waals surface area contributed by atoms with Gasteiger partial charge < -0.3 is 9.47 Å². The Kier molecular flexibility index (Phi) is 6.26. The molecule has 0 aliphatic heterocycles. The van der Waals surface area contributed by atoms with Crippen molar-refractivity contribution in [2.24, 2.45) is 0 Å². The van der Waals surface area contributed by atoms with E-state index in [2.05, 4.69) is 15.9 Å². The van der Waals surface area contributed by atoms with E-state index in [1.54, 1.807) is 50.6 Å². The molecule has 3 aromatic carbocycles. The Morgan fingerprint density at radius 3 is 2.11 bits per heavy atom. The molecular weight excluding hydrogens is 442 g/mol. The van der Waals surface area contributed by atoms with E-state index in [0.29, 0.717) is 17.2 Å². The van der Waals surface area contributed by atoms with Crippen LogP contribution in [-0.2, 0) is 16.6 Å². The number of nitrogens with zero attached hydrogens (tertiary/aromatic N) is 1. The lowest BCUT2D eigenvalue weighted by molar-refractivity contribution is 0.414. The molecule has 28 heavy (non-hydrogen) atoms. The molecule has 5 nitrogen and oxygen atoms in total. The summed E-state index contributed by atoms with van der Waals surface area (Å²) in [5.74, 6) is 1.28. The summed E-state index contributed by atoms with van der Waals surface area (Å²) in [6.45, 7) is 0.174. The minimum Gasteiger partial charge on any atom is -0.497 e. The molecule has 0 unspecified atom stereocenters. The van der Waals surface area contributed by atoms with Crippen LogP contribution < -0.4 is 13.8 Å². The number of hydrogen-bond acceptors (Lipinski definition) is 4. The first-order chi connectivity index (χ1) is 13.4. The van der Waals surface area contributed by atoms with E-state index in [4.69, 9.17) is 9.47 Å². The van der Waals surface area contributed by atoms with Gasteiger partial charge in [-0.2, -0.15) is 0 Å². The topological polar surface area (TPSA) is 55.8 Å². The highest BCUT2D eigenvalue weighted by Gasteiger charge is 2.25. The van der Waals surface area contributed by atoms with Gasteiger partial charge in [0.05, 0.1) is 31.3 Å². The average Bonchev–Trinajstić information content (AvgIpc) is 2.73. The summed E-state index contributed by atoms with van der Waals surface area (Å²) in [4.78, 5) is 0.194. The molecule has 0 saturated heterocycles. The molecule has 0 aromatic heterocycles. The van der Waals surface area contributed by atoms with Crippen LogP contribution in [0.4, 0.5) is 5.69 Å². The standard InChI is InChI=1S/C21H20BrNO4S/c1-26-19-10-12-21(13-11-19)28(24,25)23(18-8-6-17(22)7-9-18)15-16-4-3-5-20(14-16)27-2/h3-14H,15H2,1-2H3. The van der Waals surface area contributed by atoms with Gasteiger partial charge in [0.2, 0.25) is 0 Å². The van der Waals surface area contributed by atoms with Crippen LogP contribution in [0.15, 0.2) is 82.2 Å². The number of ether oxygens (including phenoxy) is 2. The molecule has 0 amide bonds. The van der Waals surface area contributed by atoms with Crippen molar-refractivity contribution in [2.75, 3.05) is 18.5 Å². The van der Waals surface area contributed by atoms with Crippen LogP contribution in [0.3, 0.4) is 0 Å². The van der Waals surface area contributed by atoms with E-state index in [1.807, 2.05) is 36.4 Å². The van der Waals surface area contributed by atoms with Crippen molar-refractivity contribution in [1.82, 2.24) is 0 Å². The second-order valence-electron chi connectivity index (χ2n) is 6.02. The molecule has 0 bridgehead atoms. The monoisotopic (exact) mass is 461 g/mol. The lowest BCUT2D eigenvalue weighted by Crippen LogP contribution is -2.30. The van der Waals surface area contributed by atoms with Gasteiger partial charge in [-0.15, -0.1) is 0 Å². The van der Waals surface area contributed by atoms with Gasteiger partial charge in [0.1, 0.15) is 11.5 Å². The highest BCUT2D eigenvalue weighted by Crippen LogP contribution is 2.29. The zero-order valence-corrected chi connectivity index (χ0v) is 17.9. The fourth-order valence-corrected chi connectivity index (χ4v) is 4.45. The molecule has 3 aromatic rings. The van der Waals surface area contributed by atoms with E-state index < -0.39 is 10.0 Å². The van der Waals surface area contributed by atoms with Crippen molar-refractivity contribution in [3.8, 4) is 11.5 Å². The quantitative estimate of drug-likeness (QED) is 0.503. The number of methoxy groups -OCH3 is 2. The molecule has 146 valence electrons. The lowest BCUT2D eigenvalue weighted by Gasteiger charge is -2.25. The molecule has 0 aliphatic carbocycles. The van der Waals surface area contributed by atoms with Gasteiger partial charge in [-0.3, -0.25) is 4.31 Å². The fraction of sp³-hybridized carbons (Fsp3) is 0.143. The maximum atomic E-state index is 13.4. The number of halogens is 1. The minimum absolute atomic E-state index is 0.174. The van der Waals surface area contributed by atoms with E-state index in [-0.39, 0.29) is 11.4 Å². The molecule has 0 spiro atoms. The van der Waals surface area contributed by atoms with Gasteiger partial charge in [0.25, 0.3) is 10.0 Å². The summed E-state index contributed by atoms with van der Waals surface area (Å²) in [7, 11) is -0.663. The first kappa shape index (κ1) is 20.2. The van der Waals surface area contributed by atoms with Crippen LogP contribution >= 0.6 is 15.9 Å². The minimum atomic E-state index is -3.79. The Morgan fingerprint density at radius 2 is 1.50 bits per heavy atom. The second kappa shape index (κ2) is 8.67. The zero-order valence-electron chi connectivity index (χ0n) is 15.5. The maximum absolute atomic E-state index is 13.4. The van der Waals surface area contributed by atoms with Gasteiger partial charge in [-0.05, 0) is 66.2 Å². The third kappa shape index (κ3) is 4.48. The second-order valence-corrected chi connectivity index (χ2v) is 8.79. The van der Waals surface area contributed by atoms with E-state index >= 15 is 0 Å². The Hall–Kier alpha value is -2.51. The van der Waals surface area contributed by atoms with Gasteiger partial charge in [-0.1, -0.05) is 28.1 Å². The number of benzene rings is 3. The van der Waals surface area contributed by atoms with Crippen molar-refractivity contribution in [2.45, 2.75) is 11.4 Å². The molecule has 0 aliphatic rings. The molecule has 0 atom stereocenters. The van der Waals surface area contributed by atoms with E-state index in [9.17, 15) is 8.42 Å². The summed E-state index contributed by atoms with van der Waals surface area (Å²) in [5.41, 5.74) is 1.39. The van der Waals surface area contributed by atoms with Crippen molar-refractivity contribution in [3.63, 3.8) is 0 Å². The van der Waals surface area contributed by atoms with Gasteiger partial charge >= 0.3 is 0 Å². The maximum Gasteiger partial charge on any atom is 0.264 e. The number of anilines is 1. The van der Waals surface area contributed by atoms with Crippen LogP contribution in [0.1, 0.15) is 5.56 Å². The molecule has 0 heterocycles. The van der Waals surface area contributed by atoms with Crippen LogP contribution in [0, 0.1) is 0 Å². The first-order valence-electron chi connectivity index (χ1n) is 8.49. The highest BCUT2D eigenvalue weighted by molar-refractivity contribution is 9.10. The number of rotatable bonds is 7. The van der Waals surface area contributed by atoms with Gasteiger partial charge in [-0.25, -0.2) is 8.42 Å². The summed E-state index contributed by atoms with van der Waals surface area (Å²) < 4.78 is 39.5. The average molecular weight is 462 g/mol. The molecule has 0 radical (unpaired) electrons. The predicted molar refractivity (Wildman–Crippen MR) is 113 cm³/mol. The largest absolute Gasteiger partial charge is 0.497 e. The van der Waals surface area contributed by atoms with Crippen LogP contribution in [-0.4, -0.2) is 22.6 Å². The SMILES string of the molecule is COc1ccc(S(=O)(=O)N(Cc2cccc(OC)c2)c2ccc(Br)cc2)cc1. The smallest absolute Gasteiger partial charge is 0.264 e. The molecule has 0 saturated carbocycles. The van der Waals surface area contributed by atoms with Gasteiger partial charge in [0.15, 0.2) is 0 Å². The van der Waals surface area contributed by atoms with Crippen molar-refractivity contribution < 1.29 is 17.9 Å². The predicted octanol–water partition coefficient (Wildman–Crippen LogP) is 4.86. The van der Waals surface area contributed by atoms with Crippen molar-refractivity contribution >= 4 is 31.6 Å². The van der Waals surface area contributed by atoms with Gasteiger partial charge in [0, 0.05) is 4.47 Å². The summed E-state index contributed by atoms with van der Waals surface area (Å²) >= 11 is 3.39. The summed E-state index contributed by atoms with van der Waals surface area (Å²) in [6, 6.07) is 20.9. The Balaban J connectivity index is 2.04. The van der Waals surface area contributed by atoms with Crippen molar-refractivity contribution in [1.29, 1.82) is 0 Å². The van der Waals surface area contributed by atoms with Crippen LogP contribution in [0.25, 0.3) is 0 Å². The van der Waals surface area contributed by atoms with Crippen LogP contribution in [0.5, 0.6) is 11.5 Å². The third-order valence-electron chi connectivity index (χ3n) is 4.22. The summed E-state index contributed by atoms with van der Waals surface area (Å²) in [6.07, 6.45) is 0. The van der Waals surface area contributed by atoms with Crippen molar-refractivity contribution in [3.05, 3.63) is 82.8 Å². The van der Waals surface area contributed by atoms with E-state index in [0.717, 1.165) is 10.0 Å². The molecule has 3 rings (SSSR count). The third-order valence-corrected chi connectivity index (χ3v) is 6.54. The number of sulfonamides is 1. The highest BCUT2D eigenvalue weighted by atomic mass is 79.9. The molecule has 0 N–H and O–H groups in total. The molecule has 7 heteroatoms. The Bertz CT molecular complexity index is 1030. The number of hydrogen-bond donors (Lipinski definition) is 0. The van der Waals surface area contributed by atoms with E-state index in [1.165, 1.54) is 4.31 Å². The Labute approximate surface area is 173 Å². The molecule has 0 fully saturated rings. The Morgan fingerprint density at radius 1 is 0.857 bits per heavy atom. The molecular formula is C21H20BrNO4S. The summed E-state index contributed by atoms with van der Waals surface area (Å²) in [5, 5.41) is 0. The van der Waals surface area contributed by atoms with Crippen LogP contribution in [0.2, 0.25) is 0 Å². The lowest BCUT2D eigenvalue weighted by atomic mass is 10.2. The normalized spacial score (nSPS) is 11.1. The zero-order chi connectivity index (χ0) is 20.1.